The molecule has 0 radical (unpaired) electrons. The first kappa shape index (κ1) is 10.8. The third-order valence-electron chi connectivity index (χ3n) is 3.27. The first-order valence-electron chi connectivity index (χ1n) is 5.68. The summed E-state index contributed by atoms with van der Waals surface area (Å²) in [6.07, 6.45) is 1.21. The summed E-state index contributed by atoms with van der Waals surface area (Å²) in [6, 6.07) is 8.40. The Labute approximate surface area is 96.5 Å². The number of nitrogens with two attached hydrogens (primary N) is 1. The van der Waals surface area contributed by atoms with E-state index in [1.165, 1.54) is 6.42 Å². The van der Waals surface area contributed by atoms with Crippen LogP contribution in [0.3, 0.4) is 0 Å². The number of anilines is 2. The quantitative estimate of drug-likeness (QED) is 0.732. The van der Waals surface area contributed by atoms with Crippen LogP contribution in [0.2, 0.25) is 0 Å². The number of hydrogen-bond donors (Lipinski definition) is 1. The van der Waals surface area contributed by atoms with Crippen LogP contribution in [-0.4, -0.2) is 12.6 Å². The Bertz CT molecular complexity index is 433. The first-order chi connectivity index (χ1) is 7.61. The van der Waals surface area contributed by atoms with Crippen molar-refractivity contribution in [2.75, 3.05) is 17.2 Å². The summed E-state index contributed by atoms with van der Waals surface area (Å²) in [5, 5.41) is 8.96. The Morgan fingerprint density at radius 3 is 2.75 bits per heavy atom. The molecule has 1 saturated heterocycles. The van der Waals surface area contributed by atoms with Gasteiger partial charge in [0.05, 0.1) is 5.56 Å². The van der Waals surface area contributed by atoms with Gasteiger partial charge < -0.3 is 10.6 Å². The number of nitrogens with zero attached hydrogens (tertiary/aromatic N) is 2. The summed E-state index contributed by atoms with van der Waals surface area (Å²) < 4.78 is 0. The molecule has 1 heterocycles. The zero-order chi connectivity index (χ0) is 11.7. The van der Waals surface area contributed by atoms with E-state index in [-0.39, 0.29) is 0 Å². The van der Waals surface area contributed by atoms with Crippen LogP contribution in [-0.2, 0) is 0 Å². The lowest BCUT2D eigenvalue weighted by Crippen LogP contribution is -2.26. The average Bonchev–Trinajstić information content (AvgIpc) is 2.59. The van der Waals surface area contributed by atoms with E-state index < -0.39 is 0 Å². The summed E-state index contributed by atoms with van der Waals surface area (Å²) in [5.74, 6) is 0.720. The Morgan fingerprint density at radius 2 is 2.19 bits per heavy atom. The van der Waals surface area contributed by atoms with Gasteiger partial charge in [0.1, 0.15) is 6.07 Å². The van der Waals surface area contributed by atoms with Crippen LogP contribution in [0.1, 0.15) is 25.8 Å². The van der Waals surface area contributed by atoms with E-state index >= 15 is 0 Å². The molecule has 0 bridgehead atoms. The molecule has 2 rings (SSSR count). The molecule has 1 aliphatic heterocycles. The fourth-order valence-electron chi connectivity index (χ4n) is 2.48. The maximum atomic E-state index is 8.96. The van der Waals surface area contributed by atoms with Gasteiger partial charge in [0, 0.05) is 24.0 Å². The van der Waals surface area contributed by atoms with Gasteiger partial charge in [0.2, 0.25) is 0 Å². The molecule has 0 amide bonds. The maximum absolute atomic E-state index is 8.96. The van der Waals surface area contributed by atoms with Gasteiger partial charge in [-0.1, -0.05) is 6.92 Å². The van der Waals surface area contributed by atoms with Crippen molar-refractivity contribution in [3.63, 3.8) is 0 Å². The molecule has 0 aliphatic carbocycles. The van der Waals surface area contributed by atoms with Gasteiger partial charge in [0.15, 0.2) is 0 Å². The molecule has 0 spiro atoms. The minimum atomic E-state index is 0.546. The first-order valence-corrected chi connectivity index (χ1v) is 5.68. The standard InChI is InChI=1S/C13H17N3/c1-9-5-10(2)16(8-9)12-3-4-13(15)11(6-12)7-14/h3-4,6,9-10H,5,8,15H2,1-2H3. The summed E-state index contributed by atoms with van der Waals surface area (Å²) in [4.78, 5) is 2.35. The average molecular weight is 215 g/mol. The van der Waals surface area contributed by atoms with E-state index in [0.717, 1.165) is 18.2 Å². The van der Waals surface area contributed by atoms with Crippen molar-refractivity contribution in [2.24, 2.45) is 5.92 Å². The van der Waals surface area contributed by atoms with Gasteiger partial charge in [-0.2, -0.15) is 5.26 Å². The lowest BCUT2D eigenvalue weighted by molar-refractivity contribution is 0.625. The maximum Gasteiger partial charge on any atom is 0.101 e. The van der Waals surface area contributed by atoms with Crippen LogP contribution in [0.25, 0.3) is 0 Å². The molecule has 2 N–H and O–H groups in total. The largest absolute Gasteiger partial charge is 0.398 e. The molecule has 1 fully saturated rings. The summed E-state index contributed by atoms with van der Waals surface area (Å²) in [6.45, 7) is 5.56. The van der Waals surface area contributed by atoms with E-state index in [1.54, 1.807) is 0 Å². The molecule has 1 aromatic rings. The second-order valence-corrected chi connectivity index (χ2v) is 4.73. The van der Waals surface area contributed by atoms with Gasteiger partial charge in [-0.3, -0.25) is 0 Å². The van der Waals surface area contributed by atoms with E-state index in [1.807, 2.05) is 18.2 Å². The van der Waals surface area contributed by atoms with Crippen LogP contribution in [0.5, 0.6) is 0 Å². The summed E-state index contributed by atoms with van der Waals surface area (Å²) >= 11 is 0. The smallest absolute Gasteiger partial charge is 0.101 e. The van der Waals surface area contributed by atoms with Crippen LogP contribution in [0.15, 0.2) is 18.2 Å². The number of rotatable bonds is 1. The Kier molecular flexibility index (Phi) is 2.74. The predicted octanol–water partition coefficient (Wildman–Crippen LogP) is 2.38. The zero-order valence-corrected chi connectivity index (χ0v) is 9.77. The minimum Gasteiger partial charge on any atom is -0.398 e. The van der Waals surface area contributed by atoms with Crippen molar-refractivity contribution < 1.29 is 0 Å². The van der Waals surface area contributed by atoms with Gasteiger partial charge in [-0.15, -0.1) is 0 Å². The highest BCUT2D eigenvalue weighted by Crippen LogP contribution is 2.30. The molecule has 1 aromatic carbocycles. The van der Waals surface area contributed by atoms with Crippen molar-refractivity contribution in [3.05, 3.63) is 23.8 Å². The van der Waals surface area contributed by atoms with E-state index in [0.29, 0.717) is 17.3 Å². The summed E-state index contributed by atoms with van der Waals surface area (Å²) in [5.41, 5.74) is 7.97. The number of benzene rings is 1. The lowest BCUT2D eigenvalue weighted by atomic mass is 10.1. The van der Waals surface area contributed by atoms with Crippen LogP contribution in [0.4, 0.5) is 11.4 Å². The highest BCUT2D eigenvalue weighted by Gasteiger charge is 2.26. The van der Waals surface area contributed by atoms with Gasteiger partial charge in [0.25, 0.3) is 0 Å². The Balaban J connectivity index is 2.31. The van der Waals surface area contributed by atoms with Crippen molar-refractivity contribution >= 4 is 11.4 Å². The molecular weight excluding hydrogens is 198 g/mol. The van der Waals surface area contributed by atoms with Crippen LogP contribution < -0.4 is 10.6 Å². The topological polar surface area (TPSA) is 53.0 Å². The highest BCUT2D eigenvalue weighted by atomic mass is 15.2. The van der Waals surface area contributed by atoms with Gasteiger partial charge in [-0.05, 0) is 37.5 Å². The Hall–Kier alpha value is -1.69. The number of hydrogen-bond acceptors (Lipinski definition) is 3. The molecule has 0 aromatic heterocycles. The van der Waals surface area contributed by atoms with E-state index in [4.69, 9.17) is 11.0 Å². The number of nitriles is 1. The fourth-order valence-corrected chi connectivity index (χ4v) is 2.48. The minimum absolute atomic E-state index is 0.546. The van der Waals surface area contributed by atoms with Crippen molar-refractivity contribution in [1.29, 1.82) is 5.26 Å². The van der Waals surface area contributed by atoms with Crippen molar-refractivity contribution in [3.8, 4) is 6.07 Å². The lowest BCUT2D eigenvalue weighted by Gasteiger charge is -2.24. The Morgan fingerprint density at radius 1 is 1.44 bits per heavy atom. The SMILES string of the molecule is CC1CC(C)N(c2ccc(N)c(C#N)c2)C1. The van der Waals surface area contributed by atoms with E-state index in [9.17, 15) is 0 Å². The number of nitrogen functional groups attached to an aromatic ring is 1. The van der Waals surface area contributed by atoms with Crippen molar-refractivity contribution in [1.82, 2.24) is 0 Å². The molecule has 84 valence electrons. The molecule has 3 nitrogen and oxygen atoms in total. The van der Waals surface area contributed by atoms with Crippen LogP contribution >= 0.6 is 0 Å². The van der Waals surface area contributed by atoms with Crippen LogP contribution in [0, 0.1) is 17.2 Å². The van der Waals surface area contributed by atoms with Gasteiger partial charge >= 0.3 is 0 Å². The molecule has 2 unspecified atom stereocenters. The van der Waals surface area contributed by atoms with Crippen molar-refractivity contribution in [2.45, 2.75) is 26.3 Å². The monoisotopic (exact) mass is 215 g/mol. The van der Waals surface area contributed by atoms with Gasteiger partial charge in [-0.25, -0.2) is 0 Å². The molecule has 3 heteroatoms. The molecular formula is C13H17N3. The molecule has 1 aliphatic rings. The molecule has 16 heavy (non-hydrogen) atoms. The second kappa shape index (κ2) is 4.05. The molecule has 2 atom stereocenters. The van der Waals surface area contributed by atoms with E-state index in [2.05, 4.69) is 24.8 Å². The third kappa shape index (κ3) is 1.83. The fraction of sp³-hybridized carbons (Fsp3) is 0.462. The second-order valence-electron chi connectivity index (χ2n) is 4.73. The third-order valence-corrected chi connectivity index (χ3v) is 3.27. The normalized spacial score (nSPS) is 24.4. The highest BCUT2D eigenvalue weighted by molar-refractivity contribution is 5.63. The zero-order valence-electron chi connectivity index (χ0n) is 9.77. The summed E-state index contributed by atoms with van der Waals surface area (Å²) in [7, 11) is 0. The molecule has 0 saturated carbocycles. The predicted molar refractivity (Wildman–Crippen MR) is 66.2 cm³/mol.